The maximum absolute atomic E-state index is 10.1. The molecule has 0 bridgehead atoms. The topological polar surface area (TPSA) is 43.7 Å². The first kappa shape index (κ1) is 10.5. The van der Waals surface area contributed by atoms with Crippen molar-refractivity contribution in [2.45, 2.75) is 12.5 Å². The second-order valence-electron chi connectivity index (χ2n) is 4.31. The second-order valence-corrected chi connectivity index (χ2v) is 4.31. The number of aromatic hydroxyl groups is 1. The molecule has 1 aromatic carbocycles. The fourth-order valence-electron chi connectivity index (χ4n) is 2.22. The molecular formula is C12H17NO2. The summed E-state index contributed by atoms with van der Waals surface area (Å²) >= 11 is 0. The zero-order chi connectivity index (χ0) is 10.8. The van der Waals surface area contributed by atoms with Crippen molar-refractivity contribution in [3.05, 3.63) is 29.8 Å². The van der Waals surface area contributed by atoms with Crippen LogP contribution in [-0.2, 0) is 0 Å². The summed E-state index contributed by atoms with van der Waals surface area (Å²) in [6.07, 6.45) is 0.447. The minimum absolute atomic E-state index is 0.194. The highest BCUT2D eigenvalue weighted by Gasteiger charge is 2.28. The predicted octanol–water partition coefficient (Wildman–Crippen LogP) is 1.38. The summed E-state index contributed by atoms with van der Waals surface area (Å²) in [4.78, 5) is 2.20. The third-order valence-corrected chi connectivity index (χ3v) is 3.13. The first-order chi connectivity index (χ1) is 7.18. The summed E-state index contributed by atoms with van der Waals surface area (Å²) in [7, 11) is 2.05. The summed E-state index contributed by atoms with van der Waals surface area (Å²) < 4.78 is 0. The monoisotopic (exact) mass is 207 g/mol. The summed E-state index contributed by atoms with van der Waals surface area (Å²) in [6, 6.07) is 7.03. The maximum Gasteiger partial charge on any atom is 0.121 e. The van der Waals surface area contributed by atoms with Gasteiger partial charge in [0.05, 0.1) is 6.10 Å². The van der Waals surface area contributed by atoms with E-state index in [4.69, 9.17) is 0 Å². The van der Waals surface area contributed by atoms with E-state index in [-0.39, 0.29) is 11.7 Å². The van der Waals surface area contributed by atoms with Crippen molar-refractivity contribution in [1.82, 2.24) is 4.90 Å². The van der Waals surface area contributed by atoms with Gasteiger partial charge in [-0.15, -0.1) is 0 Å². The van der Waals surface area contributed by atoms with Crippen LogP contribution in [0.2, 0.25) is 0 Å². The number of hydrogen-bond acceptors (Lipinski definition) is 3. The third kappa shape index (κ3) is 2.13. The van der Waals surface area contributed by atoms with Gasteiger partial charge in [-0.2, -0.15) is 0 Å². The van der Waals surface area contributed by atoms with Crippen molar-refractivity contribution in [2.75, 3.05) is 20.1 Å². The average molecular weight is 207 g/mol. The van der Waals surface area contributed by atoms with Gasteiger partial charge >= 0.3 is 0 Å². The van der Waals surface area contributed by atoms with Gasteiger partial charge in [0.2, 0.25) is 0 Å². The van der Waals surface area contributed by atoms with Crippen molar-refractivity contribution < 1.29 is 10.2 Å². The minimum atomic E-state index is -0.545. The molecule has 1 saturated heterocycles. The molecule has 1 aliphatic rings. The van der Waals surface area contributed by atoms with Crippen LogP contribution in [0.15, 0.2) is 24.3 Å². The molecule has 1 aromatic rings. The fourth-order valence-corrected chi connectivity index (χ4v) is 2.22. The lowest BCUT2D eigenvalue weighted by Gasteiger charge is -2.19. The molecule has 3 heteroatoms. The highest BCUT2D eigenvalue weighted by molar-refractivity contribution is 5.34. The number of aliphatic hydroxyl groups is 1. The number of likely N-dealkylation sites (tertiary alicyclic amines) is 1. The van der Waals surface area contributed by atoms with Crippen molar-refractivity contribution >= 4 is 0 Å². The Bertz CT molecular complexity index is 340. The standard InChI is InChI=1S/C12H17NO2/c1-13-7-6-9(8-13)12(15)10-4-2-3-5-11(10)14/h2-5,9,12,14-15H,6-8H2,1H3. The first-order valence-electron chi connectivity index (χ1n) is 5.33. The van der Waals surface area contributed by atoms with Gasteiger partial charge < -0.3 is 15.1 Å². The summed E-state index contributed by atoms with van der Waals surface area (Å²) in [5.74, 6) is 0.433. The third-order valence-electron chi connectivity index (χ3n) is 3.13. The second kappa shape index (κ2) is 4.21. The lowest BCUT2D eigenvalue weighted by molar-refractivity contribution is 0.110. The molecule has 0 radical (unpaired) electrons. The van der Waals surface area contributed by atoms with Crippen molar-refractivity contribution in [1.29, 1.82) is 0 Å². The van der Waals surface area contributed by atoms with E-state index in [0.29, 0.717) is 5.56 Å². The van der Waals surface area contributed by atoms with E-state index in [1.54, 1.807) is 18.2 Å². The van der Waals surface area contributed by atoms with Crippen molar-refractivity contribution in [3.8, 4) is 5.75 Å². The normalized spacial score (nSPS) is 24.3. The Labute approximate surface area is 90.0 Å². The number of nitrogens with zero attached hydrogens (tertiary/aromatic N) is 1. The molecule has 2 atom stereocenters. The molecule has 2 rings (SSSR count). The Morgan fingerprint density at radius 3 is 2.73 bits per heavy atom. The summed E-state index contributed by atoms with van der Waals surface area (Å²) in [5, 5.41) is 19.8. The largest absolute Gasteiger partial charge is 0.508 e. The van der Waals surface area contributed by atoms with E-state index in [1.807, 2.05) is 6.07 Å². The number of aliphatic hydroxyl groups excluding tert-OH is 1. The molecule has 2 N–H and O–H groups in total. The number of hydrogen-bond donors (Lipinski definition) is 2. The van der Waals surface area contributed by atoms with Crippen molar-refractivity contribution in [2.24, 2.45) is 5.92 Å². The first-order valence-corrected chi connectivity index (χ1v) is 5.33. The fraction of sp³-hybridized carbons (Fsp3) is 0.500. The van der Waals surface area contributed by atoms with Crippen molar-refractivity contribution in [3.63, 3.8) is 0 Å². The van der Waals surface area contributed by atoms with E-state index in [9.17, 15) is 10.2 Å². The molecule has 15 heavy (non-hydrogen) atoms. The molecular weight excluding hydrogens is 190 g/mol. The number of benzene rings is 1. The molecule has 0 spiro atoms. The Hall–Kier alpha value is -1.06. The average Bonchev–Trinajstić information content (AvgIpc) is 2.65. The summed E-state index contributed by atoms with van der Waals surface area (Å²) in [5.41, 5.74) is 0.651. The van der Waals surface area contributed by atoms with E-state index in [2.05, 4.69) is 11.9 Å². The molecule has 0 amide bonds. The minimum Gasteiger partial charge on any atom is -0.508 e. The van der Waals surface area contributed by atoms with Crippen LogP contribution in [-0.4, -0.2) is 35.3 Å². The smallest absolute Gasteiger partial charge is 0.121 e. The highest BCUT2D eigenvalue weighted by atomic mass is 16.3. The van der Waals surface area contributed by atoms with Crippen LogP contribution in [0.4, 0.5) is 0 Å². The Morgan fingerprint density at radius 2 is 2.13 bits per heavy atom. The molecule has 3 nitrogen and oxygen atoms in total. The quantitative estimate of drug-likeness (QED) is 0.770. The van der Waals surface area contributed by atoms with Gasteiger partial charge in [-0.1, -0.05) is 18.2 Å². The SMILES string of the molecule is CN1CCC(C(O)c2ccccc2O)C1. The van der Waals surface area contributed by atoms with Crippen LogP contribution in [0.3, 0.4) is 0 Å². The van der Waals surface area contributed by atoms with Gasteiger partial charge in [0.25, 0.3) is 0 Å². The van der Waals surface area contributed by atoms with E-state index in [1.165, 1.54) is 0 Å². The van der Waals surface area contributed by atoms with Crippen LogP contribution in [0.25, 0.3) is 0 Å². The van der Waals surface area contributed by atoms with E-state index >= 15 is 0 Å². The molecule has 0 saturated carbocycles. The number of rotatable bonds is 2. The number of phenolic OH excluding ortho intramolecular Hbond substituents is 1. The van der Waals surface area contributed by atoms with Crippen LogP contribution < -0.4 is 0 Å². The molecule has 1 aliphatic heterocycles. The summed E-state index contributed by atoms with van der Waals surface area (Å²) in [6.45, 7) is 1.92. The molecule has 0 aromatic heterocycles. The van der Waals surface area contributed by atoms with Gasteiger partial charge in [-0.3, -0.25) is 0 Å². The highest BCUT2D eigenvalue weighted by Crippen LogP contribution is 2.33. The number of para-hydroxylation sites is 1. The predicted molar refractivity (Wildman–Crippen MR) is 58.7 cm³/mol. The maximum atomic E-state index is 10.1. The van der Waals surface area contributed by atoms with Gasteiger partial charge in [-0.05, 0) is 26.1 Å². The van der Waals surface area contributed by atoms with Crippen LogP contribution in [0, 0.1) is 5.92 Å². The van der Waals surface area contributed by atoms with Gasteiger partial charge in [-0.25, -0.2) is 0 Å². The number of phenols is 1. The molecule has 2 unspecified atom stereocenters. The van der Waals surface area contributed by atoms with E-state index < -0.39 is 6.10 Å². The van der Waals surface area contributed by atoms with Gasteiger partial charge in [0.1, 0.15) is 5.75 Å². The molecule has 82 valence electrons. The van der Waals surface area contributed by atoms with Gasteiger partial charge in [0, 0.05) is 18.0 Å². The van der Waals surface area contributed by atoms with Crippen LogP contribution in [0.5, 0.6) is 5.75 Å². The molecule has 0 aliphatic carbocycles. The Balaban J connectivity index is 2.14. The Kier molecular flexibility index (Phi) is 2.93. The van der Waals surface area contributed by atoms with Crippen LogP contribution >= 0.6 is 0 Å². The lowest BCUT2D eigenvalue weighted by atomic mass is 9.94. The van der Waals surface area contributed by atoms with Crippen LogP contribution in [0.1, 0.15) is 18.1 Å². The van der Waals surface area contributed by atoms with Gasteiger partial charge in [0.15, 0.2) is 0 Å². The van der Waals surface area contributed by atoms with E-state index in [0.717, 1.165) is 19.5 Å². The molecule has 1 heterocycles. The molecule has 1 fully saturated rings. The lowest BCUT2D eigenvalue weighted by Crippen LogP contribution is -2.18. The zero-order valence-corrected chi connectivity index (χ0v) is 8.93. The zero-order valence-electron chi connectivity index (χ0n) is 8.93. The Morgan fingerprint density at radius 1 is 1.40 bits per heavy atom.